The highest BCUT2D eigenvalue weighted by Crippen LogP contribution is 2.29. The van der Waals surface area contributed by atoms with Crippen LogP contribution in [-0.2, 0) is 11.2 Å². The summed E-state index contributed by atoms with van der Waals surface area (Å²) in [6.07, 6.45) is 0.657. The van der Waals surface area contributed by atoms with Crippen LogP contribution in [0.1, 0.15) is 19.4 Å². The van der Waals surface area contributed by atoms with Crippen molar-refractivity contribution < 1.29 is 19.1 Å². The summed E-state index contributed by atoms with van der Waals surface area (Å²) in [7, 11) is 0. The molecule has 6 heteroatoms. The average molecular weight is 294 g/mol. The highest BCUT2D eigenvalue weighted by atomic mass is 19.1. The number of halogens is 1. The van der Waals surface area contributed by atoms with Gasteiger partial charge >= 0.3 is 12.0 Å². The fourth-order valence-electron chi connectivity index (χ4n) is 2.54. The van der Waals surface area contributed by atoms with Crippen LogP contribution < -0.4 is 4.90 Å². The number of urea groups is 1. The number of carboxylic acid groups (broad SMARTS) is 1. The molecule has 0 saturated carbocycles. The van der Waals surface area contributed by atoms with E-state index in [4.69, 9.17) is 5.11 Å². The summed E-state index contributed by atoms with van der Waals surface area (Å²) in [4.78, 5) is 26.3. The van der Waals surface area contributed by atoms with Crippen LogP contribution in [0.15, 0.2) is 18.2 Å². The van der Waals surface area contributed by atoms with E-state index in [-0.39, 0.29) is 18.5 Å². The van der Waals surface area contributed by atoms with Gasteiger partial charge in [0, 0.05) is 13.1 Å². The Hall–Kier alpha value is -2.11. The smallest absolute Gasteiger partial charge is 0.325 e. The maximum atomic E-state index is 13.4. The third kappa shape index (κ3) is 3.51. The van der Waals surface area contributed by atoms with Gasteiger partial charge in [-0.2, -0.15) is 0 Å². The van der Waals surface area contributed by atoms with Gasteiger partial charge in [-0.05, 0) is 30.0 Å². The van der Waals surface area contributed by atoms with Crippen molar-refractivity contribution >= 4 is 17.7 Å². The normalized spacial score (nSPS) is 13.4. The molecule has 21 heavy (non-hydrogen) atoms. The van der Waals surface area contributed by atoms with Crippen LogP contribution in [0.4, 0.5) is 14.9 Å². The minimum atomic E-state index is -1.05. The number of rotatable bonds is 4. The number of carbonyl (C=O) groups excluding carboxylic acids is 1. The van der Waals surface area contributed by atoms with E-state index in [1.54, 1.807) is 6.07 Å². The number of carbonyl (C=O) groups is 2. The number of amides is 2. The highest BCUT2D eigenvalue weighted by Gasteiger charge is 2.29. The van der Waals surface area contributed by atoms with Crippen LogP contribution in [0, 0.1) is 11.7 Å². The molecule has 1 aliphatic rings. The van der Waals surface area contributed by atoms with E-state index >= 15 is 0 Å². The molecule has 114 valence electrons. The van der Waals surface area contributed by atoms with Crippen LogP contribution in [0.2, 0.25) is 0 Å². The quantitative estimate of drug-likeness (QED) is 0.927. The highest BCUT2D eigenvalue weighted by molar-refractivity contribution is 5.95. The van der Waals surface area contributed by atoms with Crippen molar-refractivity contribution in [1.82, 2.24) is 4.90 Å². The van der Waals surface area contributed by atoms with Crippen LogP contribution in [0.3, 0.4) is 0 Å². The monoisotopic (exact) mass is 294 g/mol. The van der Waals surface area contributed by atoms with E-state index < -0.39 is 11.8 Å². The first-order valence-electron chi connectivity index (χ1n) is 6.95. The molecule has 0 aromatic heterocycles. The van der Waals surface area contributed by atoms with Gasteiger partial charge in [0.1, 0.15) is 12.4 Å². The fourth-order valence-corrected chi connectivity index (χ4v) is 2.54. The molecule has 1 aromatic carbocycles. The van der Waals surface area contributed by atoms with Crippen molar-refractivity contribution in [3.63, 3.8) is 0 Å². The molecule has 2 amide bonds. The van der Waals surface area contributed by atoms with Crippen molar-refractivity contribution in [1.29, 1.82) is 0 Å². The Morgan fingerprint density at radius 3 is 2.76 bits per heavy atom. The van der Waals surface area contributed by atoms with E-state index in [0.717, 1.165) is 5.56 Å². The second kappa shape index (κ2) is 6.11. The number of aliphatic carboxylic acids is 1. The van der Waals surface area contributed by atoms with Gasteiger partial charge in [-0.15, -0.1) is 0 Å². The lowest BCUT2D eigenvalue weighted by molar-refractivity contribution is -0.137. The van der Waals surface area contributed by atoms with Gasteiger partial charge in [0.05, 0.1) is 5.69 Å². The Labute approximate surface area is 123 Å². The summed E-state index contributed by atoms with van der Waals surface area (Å²) < 4.78 is 13.4. The molecule has 2 rings (SSSR count). The predicted octanol–water partition coefficient (Wildman–Crippen LogP) is 2.35. The van der Waals surface area contributed by atoms with Crippen molar-refractivity contribution in [3.8, 4) is 0 Å². The van der Waals surface area contributed by atoms with Gasteiger partial charge in [-0.3, -0.25) is 9.69 Å². The SMILES string of the molecule is CC(C)CN(CC(=O)O)C(=O)N1CCc2ccc(F)cc21. The summed E-state index contributed by atoms with van der Waals surface area (Å²) in [5.74, 6) is -1.30. The van der Waals surface area contributed by atoms with Gasteiger partial charge in [0.2, 0.25) is 0 Å². The summed E-state index contributed by atoms with van der Waals surface area (Å²) in [5.41, 5.74) is 1.45. The predicted molar refractivity (Wildman–Crippen MR) is 76.9 cm³/mol. The second-order valence-electron chi connectivity index (χ2n) is 5.63. The summed E-state index contributed by atoms with van der Waals surface area (Å²) in [6, 6.07) is 3.99. The lowest BCUT2D eigenvalue weighted by Gasteiger charge is -2.28. The van der Waals surface area contributed by atoms with Gasteiger partial charge in [-0.25, -0.2) is 9.18 Å². The standard InChI is InChI=1S/C15H19FN2O3/c1-10(2)8-17(9-14(19)20)15(21)18-6-5-11-3-4-12(16)7-13(11)18/h3-4,7,10H,5-6,8-9H2,1-2H3,(H,19,20). The molecule has 0 spiro atoms. The second-order valence-corrected chi connectivity index (χ2v) is 5.63. The van der Waals surface area contributed by atoms with Gasteiger partial charge in [0.25, 0.3) is 0 Å². The Morgan fingerprint density at radius 2 is 2.14 bits per heavy atom. The van der Waals surface area contributed by atoms with E-state index in [0.29, 0.717) is 25.2 Å². The molecule has 0 bridgehead atoms. The maximum Gasteiger partial charge on any atom is 0.325 e. The number of anilines is 1. The van der Waals surface area contributed by atoms with Crippen molar-refractivity contribution in [2.45, 2.75) is 20.3 Å². The van der Waals surface area contributed by atoms with Crippen LogP contribution in [0.5, 0.6) is 0 Å². The first-order valence-corrected chi connectivity index (χ1v) is 6.95. The molecule has 0 radical (unpaired) electrons. The van der Waals surface area contributed by atoms with Crippen molar-refractivity contribution in [2.24, 2.45) is 5.92 Å². The van der Waals surface area contributed by atoms with Gasteiger partial charge < -0.3 is 10.0 Å². The van der Waals surface area contributed by atoms with Crippen LogP contribution >= 0.6 is 0 Å². The van der Waals surface area contributed by atoms with Crippen molar-refractivity contribution in [2.75, 3.05) is 24.5 Å². The number of fused-ring (bicyclic) bond motifs is 1. The van der Waals surface area contributed by atoms with Crippen LogP contribution in [-0.4, -0.2) is 41.6 Å². The maximum absolute atomic E-state index is 13.4. The topological polar surface area (TPSA) is 60.9 Å². The summed E-state index contributed by atoms with van der Waals surface area (Å²) in [6.45, 7) is 4.29. The minimum Gasteiger partial charge on any atom is -0.480 e. The Balaban J connectivity index is 2.22. The third-order valence-electron chi connectivity index (χ3n) is 3.36. The zero-order chi connectivity index (χ0) is 15.6. The Morgan fingerprint density at radius 1 is 1.43 bits per heavy atom. The van der Waals surface area contributed by atoms with Gasteiger partial charge in [-0.1, -0.05) is 19.9 Å². The number of hydrogen-bond donors (Lipinski definition) is 1. The lowest BCUT2D eigenvalue weighted by Crippen LogP contribution is -2.46. The molecular formula is C15H19FN2O3. The molecule has 1 heterocycles. The first-order chi connectivity index (χ1) is 9.88. The molecule has 1 N–H and O–H groups in total. The zero-order valence-corrected chi connectivity index (χ0v) is 12.2. The van der Waals surface area contributed by atoms with E-state index in [2.05, 4.69) is 0 Å². The molecule has 0 aliphatic carbocycles. The minimum absolute atomic E-state index is 0.155. The summed E-state index contributed by atoms with van der Waals surface area (Å²) in [5, 5.41) is 8.96. The average Bonchev–Trinajstić information content (AvgIpc) is 2.78. The van der Waals surface area contributed by atoms with Gasteiger partial charge in [0.15, 0.2) is 0 Å². The van der Waals surface area contributed by atoms with E-state index in [1.807, 2.05) is 13.8 Å². The largest absolute Gasteiger partial charge is 0.480 e. The lowest BCUT2D eigenvalue weighted by atomic mass is 10.2. The number of nitrogens with zero attached hydrogens (tertiary/aromatic N) is 2. The zero-order valence-electron chi connectivity index (χ0n) is 12.2. The number of benzene rings is 1. The van der Waals surface area contributed by atoms with E-state index in [9.17, 15) is 14.0 Å². The molecule has 1 aliphatic heterocycles. The molecule has 0 fully saturated rings. The first kappa shape index (κ1) is 15.3. The molecule has 5 nitrogen and oxygen atoms in total. The molecule has 1 aromatic rings. The third-order valence-corrected chi connectivity index (χ3v) is 3.36. The van der Waals surface area contributed by atoms with Crippen molar-refractivity contribution in [3.05, 3.63) is 29.6 Å². The Bertz CT molecular complexity index is 560. The fraction of sp³-hybridized carbons (Fsp3) is 0.467. The molecular weight excluding hydrogens is 275 g/mol. The summed E-state index contributed by atoms with van der Waals surface area (Å²) >= 11 is 0. The number of hydrogen-bond acceptors (Lipinski definition) is 2. The molecule has 0 saturated heterocycles. The molecule has 0 atom stereocenters. The van der Waals surface area contributed by atoms with Crippen LogP contribution in [0.25, 0.3) is 0 Å². The molecule has 0 unspecified atom stereocenters. The van der Waals surface area contributed by atoms with E-state index in [1.165, 1.54) is 21.9 Å². The Kier molecular flexibility index (Phi) is 4.45. The number of carboxylic acids is 1.